The first-order valence-electron chi connectivity index (χ1n) is 8.69. The fraction of sp³-hybridized carbons (Fsp3) is 0.526. The Bertz CT molecular complexity index is 702. The molecule has 6 heteroatoms. The summed E-state index contributed by atoms with van der Waals surface area (Å²) in [6.07, 6.45) is 2.03. The summed E-state index contributed by atoms with van der Waals surface area (Å²) in [5, 5.41) is 4.53. The van der Waals surface area contributed by atoms with Crippen molar-refractivity contribution in [1.29, 1.82) is 0 Å². The third-order valence-corrected chi connectivity index (χ3v) is 5.58. The number of nitrogens with zero attached hydrogens (tertiary/aromatic N) is 4. The van der Waals surface area contributed by atoms with Gasteiger partial charge in [0.2, 0.25) is 0 Å². The van der Waals surface area contributed by atoms with Crippen LogP contribution in [0.4, 0.5) is 0 Å². The Morgan fingerprint density at radius 2 is 1.84 bits per heavy atom. The van der Waals surface area contributed by atoms with Crippen LogP contribution in [0, 0.1) is 11.8 Å². The molecule has 1 aromatic heterocycles. The van der Waals surface area contributed by atoms with Gasteiger partial charge in [-0.15, -0.1) is 12.4 Å². The summed E-state index contributed by atoms with van der Waals surface area (Å²) < 4.78 is 7.19. The maximum Gasteiger partial charge on any atom is 0.118 e. The van der Waals surface area contributed by atoms with Crippen LogP contribution in [0.2, 0.25) is 0 Å². The first kappa shape index (κ1) is 18.2. The second kappa shape index (κ2) is 7.36. The third-order valence-electron chi connectivity index (χ3n) is 5.58. The van der Waals surface area contributed by atoms with Gasteiger partial charge in [-0.3, -0.25) is 14.5 Å². The van der Waals surface area contributed by atoms with Crippen LogP contribution < -0.4 is 4.74 Å². The monoisotopic (exact) mass is 362 g/mol. The minimum absolute atomic E-state index is 0. The van der Waals surface area contributed by atoms with Crippen LogP contribution in [-0.2, 0) is 13.6 Å². The normalized spacial score (nSPS) is 26.4. The Kier molecular flexibility index (Phi) is 5.37. The molecule has 4 rings (SSSR count). The van der Waals surface area contributed by atoms with Gasteiger partial charge in [-0.05, 0) is 42.6 Å². The molecule has 3 heterocycles. The zero-order valence-electron chi connectivity index (χ0n) is 15.1. The van der Waals surface area contributed by atoms with E-state index >= 15 is 0 Å². The lowest BCUT2D eigenvalue weighted by molar-refractivity contribution is 0.223. The largest absolute Gasteiger partial charge is 0.497 e. The molecule has 0 aliphatic carbocycles. The molecule has 25 heavy (non-hydrogen) atoms. The lowest BCUT2D eigenvalue weighted by Crippen LogP contribution is -2.29. The molecule has 136 valence electrons. The Hall–Kier alpha value is -1.56. The number of hydrogen-bond acceptors (Lipinski definition) is 4. The van der Waals surface area contributed by atoms with Gasteiger partial charge >= 0.3 is 0 Å². The van der Waals surface area contributed by atoms with E-state index in [1.165, 1.54) is 24.3 Å². The molecule has 2 fully saturated rings. The predicted molar refractivity (Wildman–Crippen MR) is 101 cm³/mol. The minimum atomic E-state index is 0. The zero-order chi connectivity index (χ0) is 16.7. The molecule has 2 aromatic rings. The lowest BCUT2D eigenvalue weighted by atomic mass is 9.89. The van der Waals surface area contributed by atoms with E-state index in [4.69, 9.17) is 4.74 Å². The Balaban J connectivity index is 0.00000182. The second-order valence-electron chi connectivity index (χ2n) is 7.26. The first-order valence-corrected chi connectivity index (χ1v) is 8.69. The van der Waals surface area contributed by atoms with Crippen molar-refractivity contribution >= 4 is 12.4 Å². The summed E-state index contributed by atoms with van der Waals surface area (Å²) in [7, 11) is 5.96. The standard InChI is InChI=1S/C19H26N4O.ClH/c1-21-10-15-11-23(12-16-8-9-22(2)20-16)13-18(15)19(21)14-4-6-17(24-3)7-5-14;/h4-9,15,18-19H,10-13H2,1-3H3;1H/t15-,18+,19+;/m0./s1. The highest BCUT2D eigenvalue weighted by molar-refractivity contribution is 5.85. The van der Waals surface area contributed by atoms with Crippen LogP contribution in [0.1, 0.15) is 17.3 Å². The van der Waals surface area contributed by atoms with E-state index < -0.39 is 0 Å². The van der Waals surface area contributed by atoms with Gasteiger partial charge in [-0.1, -0.05) is 12.1 Å². The van der Waals surface area contributed by atoms with Gasteiger partial charge in [-0.25, -0.2) is 0 Å². The average molecular weight is 363 g/mol. The van der Waals surface area contributed by atoms with Crippen LogP contribution in [-0.4, -0.2) is 53.4 Å². The molecule has 0 spiro atoms. The number of fused-ring (bicyclic) bond motifs is 1. The van der Waals surface area contributed by atoms with Crippen LogP contribution in [0.25, 0.3) is 0 Å². The smallest absolute Gasteiger partial charge is 0.118 e. The molecule has 0 radical (unpaired) electrons. The summed E-state index contributed by atoms with van der Waals surface area (Å²) in [5.41, 5.74) is 2.58. The maximum atomic E-state index is 5.30. The average Bonchev–Trinajstić information content (AvgIpc) is 3.22. The number of halogens is 1. The Labute approximate surface area is 156 Å². The molecular formula is C19H27ClN4O. The van der Waals surface area contributed by atoms with Crippen molar-refractivity contribution < 1.29 is 4.74 Å². The lowest BCUT2D eigenvalue weighted by Gasteiger charge is -2.26. The van der Waals surface area contributed by atoms with Crippen molar-refractivity contribution in [2.75, 3.05) is 33.8 Å². The van der Waals surface area contributed by atoms with E-state index in [1.807, 2.05) is 17.9 Å². The van der Waals surface area contributed by atoms with Gasteiger partial charge in [-0.2, -0.15) is 5.10 Å². The number of rotatable bonds is 4. The Morgan fingerprint density at radius 1 is 1.08 bits per heavy atom. The molecule has 5 nitrogen and oxygen atoms in total. The second-order valence-corrected chi connectivity index (χ2v) is 7.26. The molecule has 1 aromatic carbocycles. The van der Waals surface area contributed by atoms with Gasteiger partial charge in [0.15, 0.2) is 0 Å². The zero-order valence-corrected chi connectivity index (χ0v) is 15.9. The predicted octanol–water partition coefficient (Wildman–Crippen LogP) is 2.59. The number of aryl methyl sites for hydroxylation is 1. The SMILES string of the molecule is COc1ccc([C@@H]2[C@@H]3CN(Cc4ccn(C)n4)C[C@@H]3CN2C)cc1.Cl. The molecule has 2 aliphatic rings. The molecule has 0 N–H and O–H groups in total. The van der Waals surface area contributed by atoms with Crippen LogP contribution >= 0.6 is 12.4 Å². The van der Waals surface area contributed by atoms with E-state index in [0.717, 1.165) is 24.8 Å². The van der Waals surface area contributed by atoms with Gasteiger partial charge in [0.1, 0.15) is 5.75 Å². The fourth-order valence-electron chi connectivity index (χ4n) is 4.56. The van der Waals surface area contributed by atoms with Gasteiger partial charge in [0, 0.05) is 45.5 Å². The quantitative estimate of drug-likeness (QED) is 0.837. The van der Waals surface area contributed by atoms with Crippen molar-refractivity contribution in [2.24, 2.45) is 18.9 Å². The van der Waals surface area contributed by atoms with Gasteiger partial charge in [0.05, 0.1) is 12.8 Å². The number of ether oxygens (including phenoxy) is 1. The molecule has 0 amide bonds. The molecule has 0 saturated carbocycles. The fourth-order valence-corrected chi connectivity index (χ4v) is 4.56. The van der Waals surface area contributed by atoms with Crippen molar-refractivity contribution in [3.05, 3.63) is 47.8 Å². The van der Waals surface area contributed by atoms with Crippen molar-refractivity contribution in [2.45, 2.75) is 12.6 Å². The summed E-state index contributed by atoms with van der Waals surface area (Å²) in [4.78, 5) is 5.09. The molecule has 2 aliphatic heterocycles. The molecule has 3 atom stereocenters. The molecule has 0 bridgehead atoms. The highest BCUT2D eigenvalue weighted by Gasteiger charge is 2.45. The third kappa shape index (κ3) is 3.54. The van der Waals surface area contributed by atoms with E-state index in [1.54, 1.807) is 7.11 Å². The highest BCUT2D eigenvalue weighted by Crippen LogP contribution is 2.44. The summed E-state index contributed by atoms with van der Waals surface area (Å²) in [6.45, 7) is 4.48. The topological polar surface area (TPSA) is 33.5 Å². The highest BCUT2D eigenvalue weighted by atomic mass is 35.5. The van der Waals surface area contributed by atoms with Gasteiger partial charge < -0.3 is 4.74 Å². The maximum absolute atomic E-state index is 5.30. The van der Waals surface area contributed by atoms with E-state index in [9.17, 15) is 0 Å². The van der Waals surface area contributed by atoms with E-state index in [2.05, 4.69) is 52.3 Å². The van der Waals surface area contributed by atoms with E-state index in [-0.39, 0.29) is 12.4 Å². The number of hydrogen-bond donors (Lipinski definition) is 0. The van der Waals surface area contributed by atoms with E-state index in [0.29, 0.717) is 12.0 Å². The minimum Gasteiger partial charge on any atom is -0.497 e. The van der Waals surface area contributed by atoms with Crippen LogP contribution in [0.3, 0.4) is 0 Å². The Morgan fingerprint density at radius 3 is 2.48 bits per heavy atom. The van der Waals surface area contributed by atoms with Crippen molar-refractivity contribution in [3.63, 3.8) is 0 Å². The van der Waals surface area contributed by atoms with Gasteiger partial charge in [0.25, 0.3) is 0 Å². The van der Waals surface area contributed by atoms with Crippen molar-refractivity contribution in [1.82, 2.24) is 19.6 Å². The van der Waals surface area contributed by atoms with Crippen molar-refractivity contribution in [3.8, 4) is 5.75 Å². The number of aromatic nitrogens is 2. The number of likely N-dealkylation sites (tertiary alicyclic amines) is 2. The first-order chi connectivity index (χ1) is 11.6. The summed E-state index contributed by atoms with van der Waals surface area (Å²) in [6, 6.07) is 11.2. The molecule has 2 saturated heterocycles. The number of benzene rings is 1. The summed E-state index contributed by atoms with van der Waals surface area (Å²) in [5.74, 6) is 2.39. The molecular weight excluding hydrogens is 336 g/mol. The number of methoxy groups -OCH3 is 1. The van der Waals surface area contributed by atoms with Crippen LogP contribution in [0.5, 0.6) is 5.75 Å². The summed E-state index contributed by atoms with van der Waals surface area (Å²) >= 11 is 0. The molecule has 0 unspecified atom stereocenters. The van der Waals surface area contributed by atoms with Crippen LogP contribution in [0.15, 0.2) is 36.5 Å².